The van der Waals surface area contributed by atoms with Gasteiger partial charge in [-0.25, -0.2) is 9.13 Å². The lowest BCUT2D eigenvalue weighted by molar-refractivity contribution is -0.161. The SMILES string of the molecule is CC/C=C\C/C=C\C/C=C\C/C=C\C/C=C\CCCCCCCCCCCCCCCCCC(=O)OCC(O)COP(=O)(O)OCC(O)COP(=O)(O)OCC(COC(=O)CCCCCCC/C=C\CCCCCCCC)OC(=O)CCCCCCCCCCCCCCCCC. The summed E-state index contributed by atoms with van der Waals surface area (Å²) in [5.74, 6) is -1.56. The smallest absolute Gasteiger partial charge is 0.463 e. The molecule has 5 unspecified atom stereocenters. The summed E-state index contributed by atoms with van der Waals surface area (Å²) in [4.78, 5) is 58.5. The minimum atomic E-state index is -4.92. The average molecular weight is 1410 g/mol. The summed E-state index contributed by atoms with van der Waals surface area (Å²) in [7, 11) is -9.77. The summed E-state index contributed by atoms with van der Waals surface area (Å²) in [6.45, 7) is 2.61. The number of carbonyl (C=O) groups is 3. The second-order valence-electron chi connectivity index (χ2n) is 26.5. The van der Waals surface area contributed by atoms with E-state index in [2.05, 4.69) is 93.7 Å². The normalized spacial score (nSPS) is 14.4. The first-order valence-corrected chi connectivity index (χ1v) is 42.2. The number of allylic oxidation sites excluding steroid dienone is 12. The van der Waals surface area contributed by atoms with E-state index >= 15 is 0 Å². The second-order valence-corrected chi connectivity index (χ2v) is 29.4. The van der Waals surface area contributed by atoms with Gasteiger partial charge in [-0.15, -0.1) is 0 Å². The van der Waals surface area contributed by atoms with E-state index in [4.69, 9.17) is 32.3 Å². The molecule has 0 aliphatic heterocycles. The number of phosphoric acid groups is 2. The van der Waals surface area contributed by atoms with Gasteiger partial charge < -0.3 is 34.2 Å². The monoisotopic (exact) mass is 1410 g/mol. The van der Waals surface area contributed by atoms with Crippen LogP contribution in [0, 0.1) is 0 Å². The zero-order chi connectivity index (χ0) is 70.9. The van der Waals surface area contributed by atoms with Crippen molar-refractivity contribution in [2.24, 2.45) is 0 Å². The Bertz CT molecular complexity index is 2060. The van der Waals surface area contributed by atoms with Gasteiger partial charge in [0.2, 0.25) is 0 Å². The predicted molar refractivity (Wildman–Crippen MR) is 399 cm³/mol. The molecular weight excluding hydrogens is 1270 g/mol. The van der Waals surface area contributed by atoms with Gasteiger partial charge in [-0.05, 0) is 89.9 Å². The van der Waals surface area contributed by atoms with E-state index in [9.17, 15) is 43.5 Å². The van der Waals surface area contributed by atoms with Crippen molar-refractivity contribution in [3.8, 4) is 0 Å². The molecule has 0 fully saturated rings. The molecule has 0 spiro atoms. The van der Waals surface area contributed by atoms with Crippen LogP contribution in [0.1, 0.15) is 355 Å². The Hall–Kier alpha value is -3.01. The fourth-order valence-electron chi connectivity index (χ4n) is 10.9. The van der Waals surface area contributed by atoms with Gasteiger partial charge >= 0.3 is 33.6 Å². The summed E-state index contributed by atoms with van der Waals surface area (Å²) < 4.78 is 61.1. The Morgan fingerprint density at radius 3 is 0.876 bits per heavy atom. The summed E-state index contributed by atoms with van der Waals surface area (Å²) in [6.07, 6.45) is 79.6. The van der Waals surface area contributed by atoms with E-state index in [1.54, 1.807) is 0 Å². The van der Waals surface area contributed by atoms with Crippen molar-refractivity contribution in [2.45, 2.75) is 373 Å². The maximum absolute atomic E-state index is 12.9. The molecule has 18 heteroatoms. The Labute approximate surface area is 592 Å². The number of hydrogen-bond acceptors (Lipinski definition) is 14. The highest BCUT2D eigenvalue weighted by molar-refractivity contribution is 7.47. The highest BCUT2D eigenvalue weighted by Gasteiger charge is 2.29. The van der Waals surface area contributed by atoms with Crippen molar-refractivity contribution in [3.63, 3.8) is 0 Å². The largest absolute Gasteiger partial charge is 0.472 e. The lowest BCUT2D eigenvalue weighted by Gasteiger charge is -2.21. The third-order valence-electron chi connectivity index (χ3n) is 16.9. The van der Waals surface area contributed by atoms with Gasteiger partial charge in [0.15, 0.2) is 6.10 Å². The van der Waals surface area contributed by atoms with Crippen LogP contribution in [-0.2, 0) is 55.8 Å². The molecule has 0 radical (unpaired) electrons. The van der Waals surface area contributed by atoms with Gasteiger partial charge in [0.1, 0.15) is 25.4 Å². The molecule has 0 saturated heterocycles. The number of ether oxygens (including phenoxy) is 3. The number of esters is 3. The van der Waals surface area contributed by atoms with Crippen molar-refractivity contribution < 1.29 is 75.8 Å². The van der Waals surface area contributed by atoms with Crippen LogP contribution in [0.5, 0.6) is 0 Å². The number of hydrogen-bond donors (Lipinski definition) is 4. The zero-order valence-corrected chi connectivity index (χ0v) is 63.5. The van der Waals surface area contributed by atoms with Crippen LogP contribution in [0.2, 0.25) is 0 Å². The maximum Gasteiger partial charge on any atom is 0.472 e. The van der Waals surface area contributed by atoms with Gasteiger partial charge in [-0.2, -0.15) is 0 Å². The van der Waals surface area contributed by atoms with Gasteiger partial charge in [0.05, 0.1) is 26.4 Å². The van der Waals surface area contributed by atoms with E-state index < -0.39 is 91.5 Å². The molecule has 0 aliphatic carbocycles. The van der Waals surface area contributed by atoms with Crippen LogP contribution in [0.15, 0.2) is 72.9 Å². The predicted octanol–water partition coefficient (Wildman–Crippen LogP) is 22.7. The Morgan fingerprint density at radius 2 is 0.546 bits per heavy atom. The molecule has 0 amide bonds. The topological polar surface area (TPSA) is 231 Å². The third kappa shape index (κ3) is 74.0. The first kappa shape index (κ1) is 94.0. The molecule has 0 heterocycles. The van der Waals surface area contributed by atoms with Crippen molar-refractivity contribution >= 4 is 33.6 Å². The van der Waals surface area contributed by atoms with E-state index in [0.717, 1.165) is 116 Å². The Kier molecular flexibility index (Phi) is 70.5. The van der Waals surface area contributed by atoms with Crippen LogP contribution < -0.4 is 0 Å². The number of aliphatic hydroxyl groups excluding tert-OH is 2. The molecule has 0 saturated carbocycles. The molecule has 0 aromatic heterocycles. The molecule has 0 bridgehead atoms. The Balaban J connectivity index is 4.41. The van der Waals surface area contributed by atoms with E-state index in [1.165, 1.54) is 180 Å². The van der Waals surface area contributed by atoms with Crippen molar-refractivity contribution in [2.75, 3.05) is 39.6 Å². The van der Waals surface area contributed by atoms with Crippen LogP contribution in [0.3, 0.4) is 0 Å². The van der Waals surface area contributed by atoms with E-state index in [0.29, 0.717) is 19.3 Å². The van der Waals surface area contributed by atoms with E-state index in [1.807, 2.05) is 0 Å². The molecular formula is C79H144O16P2. The summed E-state index contributed by atoms with van der Waals surface area (Å²) in [5, 5.41) is 20.6. The molecule has 0 rings (SSSR count). The average Bonchev–Trinajstić information content (AvgIpc) is 1.84. The summed E-state index contributed by atoms with van der Waals surface area (Å²) in [5.41, 5.74) is 0. The molecule has 566 valence electrons. The molecule has 4 N–H and O–H groups in total. The molecule has 97 heavy (non-hydrogen) atoms. The number of carbonyl (C=O) groups excluding carboxylic acids is 3. The van der Waals surface area contributed by atoms with Crippen molar-refractivity contribution in [1.29, 1.82) is 0 Å². The van der Waals surface area contributed by atoms with Crippen LogP contribution in [-0.4, -0.2) is 95.9 Å². The number of phosphoric ester groups is 2. The first-order valence-electron chi connectivity index (χ1n) is 39.2. The van der Waals surface area contributed by atoms with Crippen molar-refractivity contribution in [1.82, 2.24) is 0 Å². The van der Waals surface area contributed by atoms with Crippen LogP contribution in [0.25, 0.3) is 0 Å². The first-order chi connectivity index (χ1) is 47.2. The quantitative estimate of drug-likeness (QED) is 0.0146. The highest BCUT2D eigenvalue weighted by Crippen LogP contribution is 2.45. The van der Waals surface area contributed by atoms with Gasteiger partial charge in [-0.3, -0.25) is 32.5 Å². The lowest BCUT2D eigenvalue weighted by Crippen LogP contribution is -2.30. The van der Waals surface area contributed by atoms with Crippen LogP contribution >= 0.6 is 15.6 Å². The minimum Gasteiger partial charge on any atom is -0.463 e. The van der Waals surface area contributed by atoms with Gasteiger partial charge in [0.25, 0.3) is 0 Å². The number of aliphatic hydroxyl groups is 2. The standard InChI is InChI=1S/C79H144O16P2/c1-4-7-10-13-16-19-22-25-28-29-30-31-32-33-34-35-36-37-38-39-40-41-42-43-46-48-50-53-56-59-62-65-77(82)89-68-74(80)69-91-96(85,86)92-70-75(81)71-93-97(87,88)94-73-76(95-79(84)67-64-61-58-55-52-49-45-27-24-21-18-15-12-9-6-3)72-90-78(83)66-63-60-57-54-51-47-44-26-23-20-17-14-11-8-5-2/h7,10,16,19,25-26,28,30-31,33-34,44,74-76,80-81H,4-6,8-9,11-15,17-18,20-24,27,29,32,35-43,45-73H2,1-3H3,(H,85,86)(H,87,88)/b10-7-,19-16-,28-25-,31-30-,34-33-,44-26-. The van der Waals surface area contributed by atoms with E-state index in [-0.39, 0.29) is 19.3 Å². The second kappa shape index (κ2) is 72.8. The fraction of sp³-hybridized carbons (Fsp3) is 0.810. The maximum atomic E-state index is 12.9. The zero-order valence-electron chi connectivity index (χ0n) is 61.8. The molecule has 0 aromatic carbocycles. The molecule has 16 nitrogen and oxygen atoms in total. The lowest BCUT2D eigenvalue weighted by atomic mass is 10.0. The molecule has 0 aliphatic rings. The summed E-state index contributed by atoms with van der Waals surface area (Å²) in [6, 6.07) is 0. The van der Waals surface area contributed by atoms with Crippen LogP contribution in [0.4, 0.5) is 0 Å². The highest BCUT2D eigenvalue weighted by atomic mass is 31.2. The summed E-state index contributed by atoms with van der Waals surface area (Å²) >= 11 is 0. The van der Waals surface area contributed by atoms with Crippen molar-refractivity contribution in [3.05, 3.63) is 72.9 Å². The molecule has 5 atom stereocenters. The van der Waals surface area contributed by atoms with Gasteiger partial charge in [-0.1, -0.05) is 318 Å². The third-order valence-corrected chi connectivity index (χ3v) is 18.8. The van der Waals surface area contributed by atoms with Gasteiger partial charge in [0, 0.05) is 19.3 Å². The number of rotatable bonds is 75. The molecule has 0 aromatic rings. The number of unbranched alkanes of at least 4 members (excludes halogenated alkanes) is 40. The fourth-order valence-corrected chi connectivity index (χ4v) is 12.5. The Morgan fingerprint density at radius 1 is 0.299 bits per heavy atom. The minimum absolute atomic E-state index is 0.110.